The van der Waals surface area contributed by atoms with Gasteiger partial charge in [0.15, 0.2) is 0 Å². The molecule has 1 aliphatic rings. The van der Waals surface area contributed by atoms with Crippen LogP contribution in [-0.4, -0.2) is 35.1 Å². The Morgan fingerprint density at radius 1 is 1.45 bits per heavy atom. The number of carbonyl (C=O) groups is 1. The molecule has 1 atom stereocenters. The summed E-state index contributed by atoms with van der Waals surface area (Å²) in [5, 5.41) is 9.11. The van der Waals surface area contributed by atoms with Gasteiger partial charge in [-0.05, 0) is 44.0 Å². The summed E-state index contributed by atoms with van der Waals surface area (Å²) in [6.07, 6.45) is 3.96. The van der Waals surface area contributed by atoms with Crippen molar-refractivity contribution in [1.29, 1.82) is 0 Å². The fraction of sp³-hybridized carbons (Fsp3) is 0.533. The summed E-state index contributed by atoms with van der Waals surface area (Å²) in [5.41, 5.74) is 6.06. The van der Waals surface area contributed by atoms with E-state index in [9.17, 15) is 9.18 Å². The van der Waals surface area contributed by atoms with E-state index >= 15 is 0 Å². The van der Waals surface area contributed by atoms with Crippen LogP contribution in [0.5, 0.6) is 0 Å². The molecule has 2 rings (SSSR count). The fourth-order valence-electron chi connectivity index (χ4n) is 2.81. The van der Waals surface area contributed by atoms with Gasteiger partial charge in [0.25, 0.3) is 0 Å². The van der Waals surface area contributed by atoms with Crippen molar-refractivity contribution in [3.8, 4) is 0 Å². The van der Waals surface area contributed by atoms with Crippen LogP contribution in [0, 0.1) is 5.82 Å². The number of carbonyl (C=O) groups excluding carboxylic acids is 1. The van der Waals surface area contributed by atoms with E-state index in [0.29, 0.717) is 24.1 Å². The number of halogens is 1. The fourth-order valence-corrected chi connectivity index (χ4v) is 2.81. The van der Waals surface area contributed by atoms with Crippen molar-refractivity contribution < 1.29 is 14.3 Å². The summed E-state index contributed by atoms with van der Waals surface area (Å²) >= 11 is 0. The van der Waals surface area contributed by atoms with Crippen LogP contribution in [0.15, 0.2) is 18.2 Å². The van der Waals surface area contributed by atoms with E-state index in [1.54, 1.807) is 0 Å². The molecule has 0 bridgehead atoms. The molecule has 110 valence electrons. The second kappa shape index (κ2) is 6.81. The molecule has 1 aromatic rings. The van der Waals surface area contributed by atoms with Gasteiger partial charge in [-0.15, -0.1) is 0 Å². The van der Waals surface area contributed by atoms with Crippen molar-refractivity contribution >= 4 is 5.91 Å². The van der Waals surface area contributed by atoms with E-state index < -0.39 is 5.91 Å². The maximum atomic E-state index is 13.9. The highest BCUT2D eigenvalue weighted by molar-refractivity contribution is 5.92. The highest BCUT2D eigenvalue weighted by atomic mass is 19.1. The second-order valence-electron chi connectivity index (χ2n) is 5.30. The van der Waals surface area contributed by atoms with Crippen LogP contribution in [0.4, 0.5) is 4.39 Å². The molecule has 1 amide bonds. The lowest BCUT2D eigenvalue weighted by Gasteiger charge is -2.35. The number of rotatable bonds is 5. The zero-order valence-corrected chi connectivity index (χ0v) is 11.5. The summed E-state index contributed by atoms with van der Waals surface area (Å²) in [6, 6.07) is 4.51. The van der Waals surface area contributed by atoms with Gasteiger partial charge >= 0.3 is 0 Å². The maximum Gasteiger partial charge on any atom is 0.248 e. The molecule has 5 heteroatoms. The quantitative estimate of drug-likeness (QED) is 0.862. The zero-order chi connectivity index (χ0) is 14.5. The van der Waals surface area contributed by atoms with Gasteiger partial charge < -0.3 is 10.8 Å². The van der Waals surface area contributed by atoms with E-state index in [1.807, 2.05) is 0 Å². The Balaban J connectivity index is 2.14. The first-order valence-electron chi connectivity index (χ1n) is 7.05. The number of likely N-dealkylation sites (tertiary alicyclic amines) is 1. The van der Waals surface area contributed by atoms with Gasteiger partial charge in [-0.2, -0.15) is 0 Å². The molecule has 0 spiro atoms. The van der Waals surface area contributed by atoms with Gasteiger partial charge in [0.05, 0.1) is 0 Å². The maximum absolute atomic E-state index is 13.9. The van der Waals surface area contributed by atoms with Crippen molar-refractivity contribution in [3.63, 3.8) is 0 Å². The van der Waals surface area contributed by atoms with Gasteiger partial charge in [0, 0.05) is 30.3 Å². The number of hydrogen-bond acceptors (Lipinski definition) is 3. The minimum Gasteiger partial charge on any atom is -0.396 e. The monoisotopic (exact) mass is 280 g/mol. The third-order valence-electron chi connectivity index (χ3n) is 3.92. The van der Waals surface area contributed by atoms with E-state index in [1.165, 1.54) is 18.2 Å². The summed E-state index contributed by atoms with van der Waals surface area (Å²) in [4.78, 5) is 13.4. The van der Waals surface area contributed by atoms with Crippen LogP contribution >= 0.6 is 0 Å². The first kappa shape index (κ1) is 14.9. The van der Waals surface area contributed by atoms with Gasteiger partial charge in [-0.3, -0.25) is 9.69 Å². The topological polar surface area (TPSA) is 66.6 Å². The van der Waals surface area contributed by atoms with E-state index in [-0.39, 0.29) is 18.5 Å². The molecule has 1 aliphatic heterocycles. The molecule has 1 aromatic carbocycles. The molecule has 0 aliphatic carbocycles. The standard InChI is InChI=1S/C15H21FN2O2/c16-14-5-4-11(15(17)20)9-12(14)10-18-7-2-1-3-13(18)6-8-19/h4-5,9,13,19H,1-3,6-8,10H2,(H2,17,20). The first-order chi connectivity index (χ1) is 9.61. The summed E-state index contributed by atoms with van der Waals surface area (Å²) in [6.45, 7) is 1.49. The van der Waals surface area contributed by atoms with Gasteiger partial charge in [0.2, 0.25) is 5.91 Å². The van der Waals surface area contributed by atoms with Crippen LogP contribution in [0.25, 0.3) is 0 Å². The largest absolute Gasteiger partial charge is 0.396 e. The van der Waals surface area contributed by atoms with Crippen LogP contribution in [-0.2, 0) is 6.54 Å². The Morgan fingerprint density at radius 3 is 2.95 bits per heavy atom. The Morgan fingerprint density at radius 2 is 2.25 bits per heavy atom. The number of piperidine rings is 1. The first-order valence-corrected chi connectivity index (χ1v) is 7.05. The Hall–Kier alpha value is -1.46. The Labute approximate surface area is 118 Å². The SMILES string of the molecule is NC(=O)c1ccc(F)c(CN2CCCCC2CCO)c1. The molecule has 3 N–H and O–H groups in total. The number of amides is 1. The number of nitrogens with zero attached hydrogens (tertiary/aromatic N) is 1. The molecule has 1 heterocycles. The van der Waals surface area contributed by atoms with Crippen molar-refractivity contribution in [2.24, 2.45) is 5.73 Å². The van der Waals surface area contributed by atoms with Gasteiger partial charge in [0.1, 0.15) is 5.82 Å². The third-order valence-corrected chi connectivity index (χ3v) is 3.92. The van der Waals surface area contributed by atoms with Crippen molar-refractivity contribution in [1.82, 2.24) is 4.90 Å². The van der Waals surface area contributed by atoms with E-state index in [2.05, 4.69) is 4.90 Å². The number of aliphatic hydroxyl groups excluding tert-OH is 1. The molecule has 20 heavy (non-hydrogen) atoms. The number of aliphatic hydroxyl groups is 1. The lowest BCUT2D eigenvalue weighted by molar-refractivity contribution is 0.0999. The lowest BCUT2D eigenvalue weighted by atomic mass is 9.98. The Kier molecular flexibility index (Phi) is 5.09. The summed E-state index contributed by atoms with van der Waals surface area (Å²) in [5.74, 6) is -0.861. The number of hydrogen-bond donors (Lipinski definition) is 2. The zero-order valence-electron chi connectivity index (χ0n) is 11.5. The molecule has 1 unspecified atom stereocenters. The predicted molar refractivity (Wildman–Crippen MR) is 74.7 cm³/mol. The molecule has 1 fully saturated rings. The predicted octanol–water partition coefficient (Wildman–Crippen LogP) is 1.66. The van der Waals surface area contributed by atoms with Crippen LogP contribution in [0.1, 0.15) is 41.6 Å². The van der Waals surface area contributed by atoms with Gasteiger partial charge in [-0.1, -0.05) is 6.42 Å². The van der Waals surface area contributed by atoms with Crippen molar-refractivity contribution in [2.45, 2.75) is 38.3 Å². The van der Waals surface area contributed by atoms with Gasteiger partial charge in [-0.25, -0.2) is 4.39 Å². The van der Waals surface area contributed by atoms with E-state index in [4.69, 9.17) is 10.8 Å². The van der Waals surface area contributed by atoms with Crippen molar-refractivity contribution in [3.05, 3.63) is 35.1 Å². The smallest absolute Gasteiger partial charge is 0.248 e. The number of benzene rings is 1. The normalized spacial score (nSPS) is 20.0. The highest BCUT2D eigenvalue weighted by Gasteiger charge is 2.23. The number of primary amides is 1. The third kappa shape index (κ3) is 3.55. The molecule has 0 aromatic heterocycles. The molecular formula is C15H21FN2O2. The lowest BCUT2D eigenvalue weighted by Crippen LogP contribution is -2.39. The Bertz CT molecular complexity index is 477. The molecular weight excluding hydrogens is 259 g/mol. The van der Waals surface area contributed by atoms with Crippen molar-refractivity contribution in [2.75, 3.05) is 13.2 Å². The highest BCUT2D eigenvalue weighted by Crippen LogP contribution is 2.23. The molecule has 4 nitrogen and oxygen atoms in total. The molecule has 1 saturated heterocycles. The average molecular weight is 280 g/mol. The minimum atomic E-state index is -0.545. The van der Waals surface area contributed by atoms with Crippen LogP contribution in [0.2, 0.25) is 0 Å². The average Bonchev–Trinajstić information content (AvgIpc) is 2.43. The number of nitrogens with two attached hydrogens (primary N) is 1. The van der Waals surface area contributed by atoms with Crippen LogP contribution < -0.4 is 5.73 Å². The summed E-state index contributed by atoms with van der Waals surface area (Å²) in [7, 11) is 0. The minimum absolute atomic E-state index is 0.144. The molecule has 0 radical (unpaired) electrons. The second-order valence-corrected chi connectivity index (χ2v) is 5.30. The van der Waals surface area contributed by atoms with Crippen LogP contribution in [0.3, 0.4) is 0 Å². The molecule has 0 saturated carbocycles. The summed E-state index contributed by atoms with van der Waals surface area (Å²) < 4.78 is 13.9. The van der Waals surface area contributed by atoms with E-state index in [0.717, 1.165) is 25.8 Å².